The van der Waals surface area contributed by atoms with Crippen molar-refractivity contribution < 1.29 is 30.3 Å². The average molecular weight is 491 g/mol. The van der Waals surface area contributed by atoms with Crippen LogP contribution in [0.5, 0.6) is 0 Å². The van der Waals surface area contributed by atoms with Gasteiger partial charge >= 0.3 is 0 Å². The van der Waals surface area contributed by atoms with Crippen LogP contribution in [-0.2, 0) is 17.9 Å². The maximum absolute atomic E-state index is 12.6. The van der Waals surface area contributed by atoms with E-state index in [-0.39, 0.29) is 19.0 Å². The van der Waals surface area contributed by atoms with E-state index in [1.54, 1.807) is 6.20 Å². The Hall–Kier alpha value is -2.44. The number of benzene rings is 1. The zero-order valence-corrected chi connectivity index (χ0v) is 20.4. The van der Waals surface area contributed by atoms with Gasteiger partial charge in [-0.25, -0.2) is 0 Å². The number of aliphatic hydroxyl groups is 5. The molecule has 0 spiro atoms. The molecule has 2 aromatic rings. The van der Waals surface area contributed by atoms with Crippen LogP contribution in [0.25, 0.3) is 0 Å². The third-order valence-corrected chi connectivity index (χ3v) is 5.78. The summed E-state index contributed by atoms with van der Waals surface area (Å²) in [6.45, 7) is 1.84. The van der Waals surface area contributed by atoms with Crippen LogP contribution in [0.4, 0.5) is 0 Å². The second kappa shape index (κ2) is 14.8. The second-order valence-corrected chi connectivity index (χ2v) is 8.83. The van der Waals surface area contributed by atoms with Crippen LogP contribution >= 0.6 is 0 Å². The van der Waals surface area contributed by atoms with E-state index in [1.165, 1.54) is 17.5 Å². The Balaban J connectivity index is 1.87. The highest BCUT2D eigenvalue weighted by Crippen LogP contribution is 2.09. The minimum Gasteiger partial charge on any atom is -0.394 e. The van der Waals surface area contributed by atoms with Gasteiger partial charge in [0.2, 0.25) is 5.91 Å². The van der Waals surface area contributed by atoms with Crippen molar-refractivity contribution in [3.8, 4) is 0 Å². The summed E-state index contributed by atoms with van der Waals surface area (Å²) in [6.07, 6.45) is -4.73. The molecule has 5 N–H and O–H groups in total. The Morgan fingerprint density at radius 2 is 1.54 bits per heavy atom. The number of pyridine rings is 1. The number of nitrogens with zero attached hydrogens (tertiary/aromatic N) is 4. The summed E-state index contributed by atoms with van der Waals surface area (Å²) in [6, 6.07) is 16.0. The number of carbonyl (C=O) groups excluding carboxylic acids is 1. The standard InChI is InChI=1S/C25H38N4O6/c1-27(17-23(33)28(2)16-21(31)24(34)25(35)22(32)18-30)12-13-29(14-19-8-4-3-5-9-19)15-20-10-6-7-11-26-20/h3-11,21-22,24-25,30-32,34-35H,12-18H2,1-2H3/t21-,22+,24+,25+/m1/s1. The molecule has 0 unspecified atom stereocenters. The van der Waals surface area contributed by atoms with Crippen LogP contribution in [0.15, 0.2) is 54.7 Å². The van der Waals surface area contributed by atoms with Crippen molar-refractivity contribution in [2.45, 2.75) is 37.5 Å². The van der Waals surface area contributed by atoms with Crippen molar-refractivity contribution in [1.29, 1.82) is 0 Å². The Morgan fingerprint density at radius 3 is 2.17 bits per heavy atom. The van der Waals surface area contributed by atoms with Crippen molar-refractivity contribution in [2.75, 3.05) is 46.9 Å². The number of aromatic nitrogens is 1. The number of hydrogen-bond acceptors (Lipinski definition) is 9. The molecule has 0 saturated heterocycles. The number of carbonyl (C=O) groups is 1. The number of rotatable bonds is 15. The molecule has 0 aliphatic carbocycles. The van der Waals surface area contributed by atoms with Crippen molar-refractivity contribution in [1.82, 2.24) is 19.7 Å². The first-order chi connectivity index (χ1) is 16.7. The quantitative estimate of drug-likeness (QED) is 0.211. The fourth-order valence-corrected chi connectivity index (χ4v) is 3.57. The number of amides is 1. The largest absolute Gasteiger partial charge is 0.394 e. The third-order valence-electron chi connectivity index (χ3n) is 5.78. The van der Waals surface area contributed by atoms with Crippen molar-refractivity contribution in [3.05, 3.63) is 66.0 Å². The number of aliphatic hydroxyl groups excluding tert-OH is 5. The lowest BCUT2D eigenvalue weighted by Crippen LogP contribution is -2.50. The Morgan fingerprint density at radius 1 is 0.886 bits per heavy atom. The van der Waals surface area contributed by atoms with E-state index in [9.17, 15) is 25.2 Å². The van der Waals surface area contributed by atoms with Crippen LogP contribution < -0.4 is 0 Å². The van der Waals surface area contributed by atoms with Crippen LogP contribution in [0.3, 0.4) is 0 Å². The molecule has 4 atom stereocenters. The van der Waals surface area contributed by atoms with Gasteiger partial charge < -0.3 is 30.4 Å². The molecular formula is C25H38N4O6. The molecule has 10 heteroatoms. The maximum atomic E-state index is 12.6. The zero-order chi connectivity index (χ0) is 25.8. The summed E-state index contributed by atoms with van der Waals surface area (Å²) in [5.74, 6) is -0.268. The first-order valence-corrected chi connectivity index (χ1v) is 11.6. The van der Waals surface area contributed by atoms with Gasteiger partial charge in [-0.1, -0.05) is 36.4 Å². The molecule has 0 bridgehead atoms. The number of likely N-dealkylation sites (N-methyl/N-ethyl adjacent to an activating group) is 2. The van der Waals surface area contributed by atoms with Crippen LogP contribution in [-0.4, -0.2) is 122 Å². The van der Waals surface area contributed by atoms with Gasteiger partial charge in [0.05, 0.1) is 18.8 Å². The molecule has 0 aliphatic heterocycles. The lowest BCUT2D eigenvalue weighted by Gasteiger charge is -2.30. The molecule has 35 heavy (non-hydrogen) atoms. The highest BCUT2D eigenvalue weighted by atomic mass is 16.4. The van der Waals surface area contributed by atoms with E-state index in [0.717, 1.165) is 12.2 Å². The summed E-state index contributed by atoms with van der Waals surface area (Å²) in [5.41, 5.74) is 2.14. The van der Waals surface area contributed by atoms with Crippen LogP contribution in [0.2, 0.25) is 0 Å². The predicted molar refractivity (Wildman–Crippen MR) is 131 cm³/mol. The fourth-order valence-electron chi connectivity index (χ4n) is 3.57. The van der Waals surface area contributed by atoms with Gasteiger partial charge in [0, 0.05) is 46.0 Å². The molecule has 0 aliphatic rings. The topological polar surface area (TPSA) is 141 Å². The van der Waals surface area contributed by atoms with E-state index >= 15 is 0 Å². The van der Waals surface area contributed by atoms with Gasteiger partial charge in [0.25, 0.3) is 0 Å². The van der Waals surface area contributed by atoms with Gasteiger partial charge in [0.1, 0.15) is 24.4 Å². The number of hydrogen-bond donors (Lipinski definition) is 5. The monoisotopic (exact) mass is 490 g/mol. The molecule has 1 aromatic carbocycles. The Kier molecular flexibility index (Phi) is 12.2. The van der Waals surface area contributed by atoms with Crippen LogP contribution in [0.1, 0.15) is 11.3 Å². The average Bonchev–Trinajstić information content (AvgIpc) is 2.86. The van der Waals surface area contributed by atoms with E-state index in [0.29, 0.717) is 19.6 Å². The first-order valence-electron chi connectivity index (χ1n) is 11.6. The molecule has 0 radical (unpaired) electrons. The van der Waals surface area contributed by atoms with Gasteiger partial charge in [-0.15, -0.1) is 0 Å². The third kappa shape index (κ3) is 9.98. The zero-order valence-electron chi connectivity index (χ0n) is 20.4. The summed E-state index contributed by atoms with van der Waals surface area (Å²) in [5, 5.41) is 48.1. The summed E-state index contributed by atoms with van der Waals surface area (Å²) >= 11 is 0. The highest BCUT2D eigenvalue weighted by Gasteiger charge is 2.31. The highest BCUT2D eigenvalue weighted by molar-refractivity contribution is 5.78. The van der Waals surface area contributed by atoms with Crippen molar-refractivity contribution in [2.24, 2.45) is 0 Å². The van der Waals surface area contributed by atoms with Gasteiger partial charge in [-0.2, -0.15) is 0 Å². The molecule has 1 aromatic heterocycles. The van der Waals surface area contributed by atoms with Gasteiger partial charge in [0.15, 0.2) is 0 Å². The predicted octanol–water partition coefficient (Wildman–Crippen LogP) is -1.09. The summed E-state index contributed by atoms with van der Waals surface area (Å²) in [4.78, 5) is 22.4. The van der Waals surface area contributed by atoms with E-state index < -0.39 is 31.0 Å². The van der Waals surface area contributed by atoms with E-state index in [2.05, 4.69) is 22.0 Å². The SMILES string of the molecule is CN(CCN(Cc1ccccc1)Cc1ccccn1)CC(=O)N(C)C[C@@H](O)[C@H](O)[C@@H](O)[C@@H](O)CO. The lowest BCUT2D eigenvalue weighted by molar-refractivity contribution is -0.138. The molecule has 0 fully saturated rings. The molecule has 0 saturated carbocycles. The molecule has 2 rings (SSSR count). The molecule has 1 amide bonds. The Bertz CT molecular complexity index is 818. The van der Waals surface area contributed by atoms with E-state index in [4.69, 9.17) is 5.11 Å². The first kappa shape index (κ1) is 28.8. The molecule has 194 valence electrons. The minimum absolute atomic E-state index is 0.101. The Labute approximate surface area is 206 Å². The lowest BCUT2D eigenvalue weighted by atomic mass is 10.0. The normalized spacial score (nSPS) is 15.1. The maximum Gasteiger partial charge on any atom is 0.236 e. The summed E-state index contributed by atoms with van der Waals surface area (Å²) < 4.78 is 0. The minimum atomic E-state index is -1.73. The van der Waals surface area contributed by atoms with Gasteiger partial charge in [-0.05, 0) is 24.7 Å². The van der Waals surface area contributed by atoms with E-state index in [1.807, 2.05) is 48.3 Å². The van der Waals surface area contributed by atoms with Crippen molar-refractivity contribution >= 4 is 5.91 Å². The van der Waals surface area contributed by atoms with Crippen molar-refractivity contribution in [3.63, 3.8) is 0 Å². The van der Waals surface area contributed by atoms with Crippen LogP contribution in [0, 0.1) is 0 Å². The molecule has 10 nitrogen and oxygen atoms in total. The summed E-state index contributed by atoms with van der Waals surface area (Å²) in [7, 11) is 3.32. The smallest absolute Gasteiger partial charge is 0.236 e. The fraction of sp³-hybridized carbons (Fsp3) is 0.520. The second-order valence-electron chi connectivity index (χ2n) is 8.83. The van der Waals surface area contributed by atoms with Gasteiger partial charge in [-0.3, -0.25) is 19.6 Å². The molecular weight excluding hydrogens is 452 g/mol. The molecule has 1 heterocycles.